The first-order valence-electron chi connectivity index (χ1n) is 6.31. The van der Waals surface area contributed by atoms with Gasteiger partial charge in [0.05, 0.1) is 10.7 Å². The van der Waals surface area contributed by atoms with E-state index in [1.807, 2.05) is 25.1 Å². The lowest BCUT2D eigenvalue weighted by Gasteiger charge is -2.11. The van der Waals surface area contributed by atoms with Crippen LogP contribution in [-0.4, -0.2) is 16.1 Å². The first-order valence-corrected chi connectivity index (χ1v) is 6.69. The molecule has 0 atom stereocenters. The molecular formula is C16H14ClNO3. The van der Waals surface area contributed by atoms with E-state index < -0.39 is 5.97 Å². The highest BCUT2D eigenvalue weighted by Crippen LogP contribution is 2.30. The minimum absolute atomic E-state index is 0.263. The van der Waals surface area contributed by atoms with Gasteiger partial charge in [0.15, 0.2) is 0 Å². The number of rotatable bonds is 5. The molecule has 0 unspecified atom stereocenters. The van der Waals surface area contributed by atoms with Crippen molar-refractivity contribution in [2.24, 2.45) is 0 Å². The number of para-hydroxylation sites is 1. The number of hydrogen-bond acceptors (Lipinski definition) is 3. The van der Waals surface area contributed by atoms with E-state index in [2.05, 4.69) is 4.98 Å². The average Bonchev–Trinajstić information content (AvgIpc) is 2.44. The van der Waals surface area contributed by atoms with Crippen molar-refractivity contribution in [3.63, 3.8) is 0 Å². The van der Waals surface area contributed by atoms with Crippen LogP contribution in [0.25, 0.3) is 6.08 Å². The lowest BCUT2D eigenvalue weighted by Crippen LogP contribution is -2.01. The lowest BCUT2D eigenvalue weighted by atomic mass is 10.2. The van der Waals surface area contributed by atoms with Crippen LogP contribution in [0.4, 0.5) is 0 Å². The number of pyridine rings is 1. The van der Waals surface area contributed by atoms with Gasteiger partial charge in [0.1, 0.15) is 12.4 Å². The molecule has 0 aliphatic carbocycles. The molecule has 1 aromatic heterocycles. The number of halogens is 1. The molecule has 1 aromatic carbocycles. The van der Waals surface area contributed by atoms with Gasteiger partial charge < -0.3 is 9.84 Å². The number of ether oxygens (including phenoxy) is 1. The largest absolute Gasteiger partial charge is 0.485 e. The van der Waals surface area contributed by atoms with Crippen molar-refractivity contribution < 1.29 is 14.6 Å². The SMILES string of the molecule is Cc1cccc(COc2c(Cl)cccc2/C=C/C(=O)O)n1. The summed E-state index contributed by atoms with van der Waals surface area (Å²) in [6.07, 6.45) is 2.50. The molecule has 0 radical (unpaired) electrons. The minimum atomic E-state index is -1.03. The van der Waals surface area contributed by atoms with E-state index in [1.54, 1.807) is 18.2 Å². The quantitative estimate of drug-likeness (QED) is 0.855. The molecule has 1 heterocycles. The van der Waals surface area contributed by atoms with Crippen LogP contribution in [0.15, 0.2) is 42.5 Å². The summed E-state index contributed by atoms with van der Waals surface area (Å²) < 4.78 is 5.70. The fraction of sp³-hybridized carbons (Fsp3) is 0.125. The Morgan fingerprint density at radius 1 is 1.33 bits per heavy atom. The summed E-state index contributed by atoms with van der Waals surface area (Å²) in [5, 5.41) is 9.13. The topological polar surface area (TPSA) is 59.4 Å². The predicted octanol–water partition coefficient (Wildman–Crippen LogP) is 3.72. The number of carbonyl (C=O) groups is 1. The second-order valence-electron chi connectivity index (χ2n) is 4.39. The Balaban J connectivity index is 2.20. The standard InChI is InChI=1S/C16H14ClNO3/c1-11-4-2-6-13(18-11)10-21-16-12(8-9-15(19)20)5-3-7-14(16)17/h2-9H,10H2,1H3,(H,19,20)/b9-8+. The maximum absolute atomic E-state index is 10.6. The molecule has 0 amide bonds. The molecule has 0 saturated heterocycles. The van der Waals surface area contributed by atoms with Gasteiger partial charge in [-0.05, 0) is 31.2 Å². The van der Waals surface area contributed by atoms with Crippen molar-refractivity contribution in [1.29, 1.82) is 0 Å². The normalized spacial score (nSPS) is 10.8. The van der Waals surface area contributed by atoms with Gasteiger partial charge >= 0.3 is 5.97 Å². The van der Waals surface area contributed by atoms with E-state index in [9.17, 15) is 4.79 Å². The van der Waals surface area contributed by atoms with Crippen molar-refractivity contribution in [1.82, 2.24) is 4.98 Å². The van der Waals surface area contributed by atoms with Crippen LogP contribution in [0.3, 0.4) is 0 Å². The summed E-state index contributed by atoms with van der Waals surface area (Å²) in [6.45, 7) is 2.17. The summed E-state index contributed by atoms with van der Waals surface area (Å²) in [5.41, 5.74) is 2.29. The molecule has 21 heavy (non-hydrogen) atoms. The maximum Gasteiger partial charge on any atom is 0.328 e. The van der Waals surface area contributed by atoms with Gasteiger partial charge in [0.25, 0.3) is 0 Å². The number of aliphatic carboxylic acids is 1. The molecule has 0 fully saturated rings. The van der Waals surface area contributed by atoms with Gasteiger partial charge in [-0.2, -0.15) is 0 Å². The van der Waals surface area contributed by atoms with Crippen LogP contribution in [0.5, 0.6) is 5.75 Å². The summed E-state index contributed by atoms with van der Waals surface area (Å²) >= 11 is 6.12. The van der Waals surface area contributed by atoms with Crippen LogP contribution >= 0.6 is 11.6 Å². The summed E-state index contributed by atoms with van der Waals surface area (Å²) in [7, 11) is 0. The third-order valence-electron chi connectivity index (χ3n) is 2.71. The zero-order valence-electron chi connectivity index (χ0n) is 11.4. The smallest absolute Gasteiger partial charge is 0.328 e. The van der Waals surface area contributed by atoms with E-state index in [1.165, 1.54) is 6.08 Å². The summed E-state index contributed by atoms with van der Waals surface area (Å²) in [4.78, 5) is 15.0. The van der Waals surface area contributed by atoms with Crippen LogP contribution in [0.2, 0.25) is 5.02 Å². The van der Waals surface area contributed by atoms with Gasteiger partial charge in [-0.1, -0.05) is 29.8 Å². The Morgan fingerprint density at radius 3 is 2.81 bits per heavy atom. The second-order valence-corrected chi connectivity index (χ2v) is 4.80. The number of aryl methyl sites for hydroxylation is 1. The van der Waals surface area contributed by atoms with Gasteiger partial charge in [-0.3, -0.25) is 4.98 Å². The van der Waals surface area contributed by atoms with Gasteiger partial charge in [0.2, 0.25) is 0 Å². The fourth-order valence-electron chi connectivity index (χ4n) is 1.80. The molecule has 5 heteroatoms. The number of benzene rings is 1. The van der Waals surface area contributed by atoms with Crippen molar-refractivity contribution in [2.75, 3.05) is 0 Å². The van der Waals surface area contributed by atoms with Gasteiger partial charge in [0, 0.05) is 17.3 Å². The zero-order valence-corrected chi connectivity index (χ0v) is 12.2. The first kappa shape index (κ1) is 15.1. The molecule has 0 aliphatic rings. The highest BCUT2D eigenvalue weighted by atomic mass is 35.5. The molecule has 1 N–H and O–H groups in total. The number of carboxylic acid groups (broad SMARTS) is 1. The van der Waals surface area contributed by atoms with E-state index in [0.29, 0.717) is 16.3 Å². The van der Waals surface area contributed by atoms with Crippen molar-refractivity contribution in [3.8, 4) is 5.75 Å². The van der Waals surface area contributed by atoms with Crippen molar-refractivity contribution in [2.45, 2.75) is 13.5 Å². The highest BCUT2D eigenvalue weighted by molar-refractivity contribution is 6.32. The second kappa shape index (κ2) is 6.90. The Morgan fingerprint density at radius 2 is 2.10 bits per heavy atom. The van der Waals surface area contributed by atoms with Crippen molar-refractivity contribution in [3.05, 3.63) is 64.4 Å². The number of aromatic nitrogens is 1. The lowest BCUT2D eigenvalue weighted by molar-refractivity contribution is -0.131. The molecule has 2 aromatic rings. The van der Waals surface area contributed by atoms with Crippen LogP contribution < -0.4 is 4.74 Å². The van der Waals surface area contributed by atoms with Crippen LogP contribution in [0, 0.1) is 6.92 Å². The Labute approximate surface area is 127 Å². The number of hydrogen-bond donors (Lipinski definition) is 1. The Kier molecular flexibility index (Phi) is 4.95. The monoisotopic (exact) mass is 303 g/mol. The molecule has 0 aliphatic heterocycles. The van der Waals surface area contributed by atoms with E-state index >= 15 is 0 Å². The molecule has 0 saturated carbocycles. The van der Waals surface area contributed by atoms with Crippen LogP contribution in [-0.2, 0) is 11.4 Å². The number of carboxylic acids is 1. The first-order chi connectivity index (χ1) is 10.1. The zero-order chi connectivity index (χ0) is 15.2. The molecule has 4 nitrogen and oxygen atoms in total. The highest BCUT2D eigenvalue weighted by Gasteiger charge is 2.07. The van der Waals surface area contributed by atoms with Crippen molar-refractivity contribution >= 4 is 23.6 Å². The molecule has 108 valence electrons. The van der Waals surface area contributed by atoms with Gasteiger partial charge in [-0.25, -0.2) is 4.79 Å². The minimum Gasteiger partial charge on any atom is -0.485 e. The predicted molar refractivity (Wildman–Crippen MR) is 81.4 cm³/mol. The van der Waals surface area contributed by atoms with Crippen LogP contribution in [0.1, 0.15) is 17.0 Å². The average molecular weight is 304 g/mol. The van der Waals surface area contributed by atoms with E-state index in [4.69, 9.17) is 21.4 Å². The Hall–Kier alpha value is -2.33. The molecule has 0 bridgehead atoms. The van der Waals surface area contributed by atoms with E-state index in [0.717, 1.165) is 17.5 Å². The third kappa shape index (κ3) is 4.33. The molecular weight excluding hydrogens is 290 g/mol. The molecule has 0 spiro atoms. The number of nitrogens with zero attached hydrogens (tertiary/aromatic N) is 1. The van der Waals surface area contributed by atoms with Gasteiger partial charge in [-0.15, -0.1) is 0 Å². The summed E-state index contributed by atoms with van der Waals surface area (Å²) in [6, 6.07) is 10.8. The summed E-state index contributed by atoms with van der Waals surface area (Å²) in [5.74, 6) is -0.582. The third-order valence-corrected chi connectivity index (χ3v) is 3.01. The maximum atomic E-state index is 10.6. The fourth-order valence-corrected chi connectivity index (χ4v) is 2.03. The van der Waals surface area contributed by atoms with E-state index in [-0.39, 0.29) is 6.61 Å². The molecule has 2 rings (SSSR count). The Bertz CT molecular complexity index is 683.